The highest BCUT2D eigenvalue weighted by Gasteiger charge is 2.15. The average Bonchev–Trinajstić information content (AvgIpc) is 2.19. The summed E-state index contributed by atoms with van der Waals surface area (Å²) < 4.78 is 0. The number of nitrogen functional groups attached to an aromatic ring is 1. The molecular formula is C11H17N3. The molecule has 1 atom stereocenters. The van der Waals surface area contributed by atoms with Crippen LogP contribution in [-0.4, -0.2) is 19.6 Å². The maximum atomic E-state index is 5.72. The predicted octanol–water partition coefficient (Wildman–Crippen LogP) is 0.811. The van der Waals surface area contributed by atoms with Crippen LogP contribution in [0.25, 0.3) is 0 Å². The summed E-state index contributed by atoms with van der Waals surface area (Å²) in [5.74, 6) is 0. The van der Waals surface area contributed by atoms with Crippen molar-refractivity contribution in [3.63, 3.8) is 0 Å². The molecule has 2 rings (SSSR count). The molecule has 3 heteroatoms. The molecule has 1 fully saturated rings. The lowest BCUT2D eigenvalue weighted by atomic mass is 9.99. The van der Waals surface area contributed by atoms with Gasteiger partial charge in [-0.25, -0.2) is 0 Å². The summed E-state index contributed by atoms with van der Waals surface area (Å²) >= 11 is 0. The van der Waals surface area contributed by atoms with Crippen LogP contribution in [0.1, 0.15) is 17.2 Å². The van der Waals surface area contributed by atoms with E-state index in [2.05, 4.69) is 23.6 Å². The number of piperazine rings is 1. The van der Waals surface area contributed by atoms with Crippen molar-refractivity contribution in [1.82, 2.24) is 10.6 Å². The fourth-order valence-electron chi connectivity index (χ4n) is 1.96. The monoisotopic (exact) mass is 191 g/mol. The van der Waals surface area contributed by atoms with Gasteiger partial charge in [0.2, 0.25) is 0 Å². The molecule has 3 nitrogen and oxygen atoms in total. The fraction of sp³-hybridized carbons (Fsp3) is 0.455. The van der Waals surface area contributed by atoms with Gasteiger partial charge in [-0.05, 0) is 30.2 Å². The van der Waals surface area contributed by atoms with Crippen LogP contribution in [0.2, 0.25) is 0 Å². The number of nitrogens with one attached hydrogen (secondary N) is 2. The van der Waals surface area contributed by atoms with Crippen molar-refractivity contribution in [2.24, 2.45) is 0 Å². The Balaban J connectivity index is 2.22. The Kier molecular flexibility index (Phi) is 2.70. The number of hydrogen-bond acceptors (Lipinski definition) is 3. The molecule has 1 saturated heterocycles. The Morgan fingerprint density at radius 3 is 2.86 bits per heavy atom. The molecule has 76 valence electrons. The molecule has 0 spiro atoms. The van der Waals surface area contributed by atoms with Crippen LogP contribution in [-0.2, 0) is 0 Å². The Labute approximate surface area is 84.7 Å². The molecule has 1 aliphatic heterocycles. The minimum absolute atomic E-state index is 0.435. The van der Waals surface area contributed by atoms with Crippen LogP contribution in [0, 0.1) is 6.92 Å². The lowest BCUT2D eigenvalue weighted by Gasteiger charge is -2.26. The van der Waals surface area contributed by atoms with Crippen LogP contribution in [0.3, 0.4) is 0 Å². The van der Waals surface area contributed by atoms with E-state index in [0.717, 1.165) is 25.3 Å². The van der Waals surface area contributed by atoms with Gasteiger partial charge >= 0.3 is 0 Å². The summed E-state index contributed by atoms with van der Waals surface area (Å²) in [6.07, 6.45) is 0. The zero-order valence-electron chi connectivity index (χ0n) is 8.51. The minimum Gasteiger partial charge on any atom is -0.399 e. The molecule has 14 heavy (non-hydrogen) atoms. The average molecular weight is 191 g/mol. The van der Waals surface area contributed by atoms with E-state index in [1.54, 1.807) is 0 Å². The molecule has 1 heterocycles. The molecule has 0 saturated carbocycles. The first-order chi connectivity index (χ1) is 6.77. The fourth-order valence-corrected chi connectivity index (χ4v) is 1.96. The first kappa shape index (κ1) is 9.49. The topological polar surface area (TPSA) is 50.1 Å². The van der Waals surface area contributed by atoms with Crippen molar-refractivity contribution in [3.05, 3.63) is 29.3 Å². The Bertz CT molecular complexity index is 316. The largest absolute Gasteiger partial charge is 0.399 e. The third-order valence-electron chi connectivity index (χ3n) is 2.71. The molecule has 4 N–H and O–H groups in total. The van der Waals surface area contributed by atoms with E-state index in [0.29, 0.717) is 6.04 Å². The van der Waals surface area contributed by atoms with Crippen LogP contribution in [0.4, 0.5) is 5.69 Å². The van der Waals surface area contributed by atoms with Gasteiger partial charge in [0, 0.05) is 31.4 Å². The number of hydrogen-bond donors (Lipinski definition) is 3. The molecule has 0 radical (unpaired) electrons. The van der Waals surface area contributed by atoms with E-state index in [1.165, 1.54) is 11.1 Å². The van der Waals surface area contributed by atoms with Crippen LogP contribution >= 0.6 is 0 Å². The smallest absolute Gasteiger partial charge is 0.0449 e. The molecule has 1 aromatic carbocycles. The van der Waals surface area contributed by atoms with E-state index >= 15 is 0 Å². The van der Waals surface area contributed by atoms with Gasteiger partial charge < -0.3 is 16.4 Å². The van der Waals surface area contributed by atoms with Gasteiger partial charge in [-0.1, -0.05) is 6.07 Å². The highest BCUT2D eigenvalue weighted by molar-refractivity contribution is 5.45. The van der Waals surface area contributed by atoms with Gasteiger partial charge in [-0.15, -0.1) is 0 Å². The van der Waals surface area contributed by atoms with Crippen molar-refractivity contribution in [2.75, 3.05) is 25.4 Å². The predicted molar refractivity (Wildman–Crippen MR) is 59.2 cm³/mol. The van der Waals surface area contributed by atoms with Gasteiger partial charge in [0.05, 0.1) is 0 Å². The third kappa shape index (κ3) is 1.89. The molecule has 0 amide bonds. The summed E-state index contributed by atoms with van der Waals surface area (Å²) in [7, 11) is 0. The Hall–Kier alpha value is -1.06. The molecule has 0 bridgehead atoms. The summed E-state index contributed by atoms with van der Waals surface area (Å²) in [5, 5.41) is 6.87. The molecule has 1 aromatic rings. The number of benzene rings is 1. The molecule has 1 aliphatic rings. The summed E-state index contributed by atoms with van der Waals surface area (Å²) in [6.45, 7) is 5.21. The molecule has 0 unspecified atom stereocenters. The Morgan fingerprint density at radius 2 is 2.21 bits per heavy atom. The second kappa shape index (κ2) is 3.98. The van der Waals surface area contributed by atoms with Crippen molar-refractivity contribution < 1.29 is 0 Å². The highest BCUT2D eigenvalue weighted by Crippen LogP contribution is 2.20. The first-order valence-electron chi connectivity index (χ1n) is 5.07. The lowest BCUT2D eigenvalue weighted by molar-refractivity contribution is 0.429. The summed E-state index contributed by atoms with van der Waals surface area (Å²) in [4.78, 5) is 0. The van der Waals surface area contributed by atoms with E-state index in [4.69, 9.17) is 5.73 Å². The van der Waals surface area contributed by atoms with Crippen molar-refractivity contribution in [3.8, 4) is 0 Å². The quantitative estimate of drug-likeness (QED) is 0.576. The van der Waals surface area contributed by atoms with E-state index < -0.39 is 0 Å². The van der Waals surface area contributed by atoms with E-state index in [-0.39, 0.29) is 0 Å². The number of nitrogens with two attached hydrogens (primary N) is 1. The summed E-state index contributed by atoms with van der Waals surface area (Å²) in [6, 6.07) is 6.56. The second-order valence-corrected chi connectivity index (χ2v) is 3.83. The molecular weight excluding hydrogens is 174 g/mol. The van der Waals surface area contributed by atoms with E-state index in [9.17, 15) is 0 Å². The van der Waals surface area contributed by atoms with Gasteiger partial charge in [0.25, 0.3) is 0 Å². The van der Waals surface area contributed by atoms with Gasteiger partial charge in [0.1, 0.15) is 0 Å². The van der Waals surface area contributed by atoms with E-state index in [1.807, 2.05) is 12.1 Å². The molecule has 0 aromatic heterocycles. The zero-order valence-corrected chi connectivity index (χ0v) is 8.51. The maximum absolute atomic E-state index is 5.72. The number of aryl methyl sites for hydroxylation is 1. The van der Waals surface area contributed by atoms with Crippen LogP contribution in [0.5, 0.6) is 0 Å². The number of anilines is 1. The van der Waals surface area contributed by atoms with Gasteiger partial charge in [-0.3, -0.25) is 0 Å². The maximum Gasteiger partial charge on any atom is 0.0449 e. The second-order valence-electron chi connectivity index (χ2n) is 3.83. The third-order valence-corrected chi connectivity index (χ3v) is 2.71. The zero-order chi connectivity index (χ0) is 9.97. The van der Waals surface area contributed by atoms with Gasteiger partial charge in [-0.2, -0.15) is 0 Å². The van der Waals surface area contributed by atoms with Crippen molar-refractivity contribution in [1.29, 1.82) is 0 Å². The van der Waals surface area contributed by atoms with Gasteiger partial charge in [0.15, 0.2) is 0 Å². The van der Waals surface area contributed by atoms with Crippen molar-refractivity contribution in [2.45, 2.75) is 13.0 Å². The SMILES string of the molecule is Cc1cc(N)ccc1[C@@H]1CNCCN1. The van der Waals surface area contributed by atoms with Crippen molar-refractivity contribution >= 4 is 5.69 Å². The Morgan fingerprint density at radius 1 is 1.36 bits per heavy atom. The normalized spacial score (nSPS) is 22.2. The molecule has 0 aliphatic carbocycles. The summed E-state index contributed by atoms with van der Waals surface area (Å²) in [5.41, 5.74) is 9.19. The van der Waals surface area contributed by atoms with Crippen LogP contribution in [0.15, 0.2) is 18.2 Å². The minimum atomic E-state index is 0.435. The number of rotatable bonds is 1. The standard InChI is InChI=1S/C11H17N3/c1-8-6-9(12)2-3-10(8)11-7-13-4-5-14-11/h2-3,6,11,13-14H,4-5,7,12H2,1H3/t11-/m0/s1. The first-order valence-corrected chi connectivity index (χ1v) is 5.07. The highest BCUT2D eigenvalue weighted by atomic mass is 15.1. The van der Waals surface area contributed by atoms with Crippen LogP contribution < -0.4 is 16.4 Å². The lowest BCUT2D eigenvalue weighted by Crippen LogP contribution is -2.42.